The number of hydrogen-bond donors (Lipinski definition) is 0. The molecule has 2 aromatic rings. The van der Waals surface area contributed by atoms with E-state index in [9.17, 15) is 4.79 Å². The summed E-state index contributed by atoms with van der Waals surface area (Å²) in [7, 11) is 0. The predicted octanol–water partition coefficient (Wildman–Crippen LogP) is 4.67. The lowest BCUT2D eigenvalue weighted by molar-refractivity contribution is -0.134. The number of benzene rings is 1. The number of ether oxygens (including phenoxy) is 1. The second-order valence-electron chi connectivity index (χ2n) is 4.93. The highest BCUT2D eigenvalue weighted by molar-refractivity contribution is 7.16. The molecule has 1 aliphatic rings. The molecule has 0 atom stereocenters. The maximum atomic E-state index is 12.3. The van der Waals surface area contributed by atoms with Gasteiger partial charge in [0.2, 0.25) is 0 Å². The smallest absolute Gasteiger partial charge is 0.260 e. The minimum absolute atomic E-state index is 0.0471. The molecule has 2 heterocycles. The first-order valence-electron chi connectivity index (χ1n) is 6.65. The third-order valence-electron chi connectivity index (χ3n) is 3.43. The summed E-state index contributed by atoms with van der Waals surface area (Å²) in [5.41, 5.74) is 1.12. The third-order valence-corrected chi connectivity index (χ3v) is 5.33. The second kappa shape index (κ2) is 6.67. The maximum absolute atomic E-state index is 12.3. The zero-order valence-electron chi connectivity index (χ0n) is 11.4. The molecule has 0 spiro atoms. The fraction of sp³-hybridized carbons (Fsp3) is 0.267. The number of carbonyl (C=O) groups is 1. The van der Waals surface area contributed by atoms with Crippen molar-refractivity contribution in [3.63, 3.8) is 0 Å². The highest BCUT2D eigenvalue weighted by atomic mass is 35.5. The summed E-state index contributed by atoms with van der Waals surface area (Å²) in [5.74, 6) is 0.384. The minimum Gasteiger partial charge on any atom is -0.482 e. The van der Waals surface area contributed by atoms with Gasteiger partial charge >= 0.3 is 0 Å². The van der Waals surface area contributed by atoms with Crippen LogP contribution >= 0.6 is 46.1 Å². The number of rotatable bonds is 3. The molecule has 22 heavy (non-hydrogen) atoms. The Morgan fingerprint density at radius 3 is 2.86 bits per heavy atom. The van der Waals surface area contributed by atoms with Crippen LogP contribution in [-0.2, 0) is 17.8 Å². The maximum Gasteiger partial charge on any atom is 0.260 e. The van der Waals surface area contributed by atoms with E-state index in [2.05, 4.69) is 0 Å². The summed E-state index contributed by atoms with van der Waals surface area (Å²) in [6.07, 6.45) is 0.833. The van der Waals surface area contributed by atoms with Gasteiger partial charge in [0, 0.05) is 23.0 Å². The van der Waals surface area contributed by atoms with Crippen LogP contribution in [0.5, 0.6) is 5.75 Å². The van der Waals surface area contributed by atoms with E-state index >= 15 is 0 Å². The van der Waals surface area contributed by atoms with E-state index in [1.165, 1.54) is 4.88 Å². The molecule has 1 aliphatic heterocycles. The molecule has 0 saturated heterocycles. The summed E-state index contributed by atoms with van der Waals surface area (Å²) in [5, 5.41) is 0.924. The van der Waals surface area contributed by atoms with Crippen molar-refractivity contribution in [1.29, 1.82) is 0 Å². The lowest BCUT2D eigenvalue weighted by atomic mass is 10.1. The molecule has 0 saturated carbocycles. The Balaban J connectivity index is 1.61. The number of thiophene rings is 1. The Morgan fingerprint density at radius 2 is 2.09 bits per heavy atom. The third kappa shape index (κ3) is 3.51. The lowest BCUT2D eigenvalue weighted by Gasteiger charge is -2.27. The largest absolute Gasteiger partial charge is 0.482 e. The van der Waals surface area contributed by atoms with Crippen LogP contribution < -0.4 is 4.74 Å². The Labute approximate surface area is 147 Å². The first kappa shape index (κ1) is 15.9. The van der Waals surface area contributed by atoms with E-state index in [1.54, 1.807) is 34.4 Å². The number of nitrogens with zero attached hydrogens (tertiary/aromatic N) is 1. The van der Waals surface area contributed by atoms with Gasteiger partial charge in [0.25, 0.3) is 5.91 Å². The molecular weight excluding hydrogens is 365 g/mol. The molecule has 1 aromatic heterocycles. The fourth-order valence-corrected chi connectivity index (χ4v) is 4.09. The summed E-state index contributed by atoms with van der Waals surface area (Å²) < 4.78 is 6.26. The van der Waals surface area contributed by atoms with E-state index < -0.39 is 0 Å². The van der Waals surface area contributed by atoms with Gasteiger partial charge in [-0.05, 0) is 36.2 Å². The van der Waals surface area contributed by atoms with Gasteiger partial charge in [-0.3, -0.25) is 4.79 Å². The van der Waals surface area contributed by atoms with E-state index in [4.69, 9.17) is 39.5 Å². The van der Waals surface area contributed by atoms with Crippen LogP contribution in [0.1, 0.15) is 10.4 Å². The van der Waals surface area contributed by atoms with Crippen LogP contribution in [0.25, 0.3) is 0 Å². The van der Waals surface area contributed by atoms with Crippen molar-refractivity contribution < 1.29 is 9.53 Å². The number of amides is 1. The summed E-state index contributed by atoms with van der Waals surface area (Å²) in [6.45, 7) is 1.21. The number of hydrogen-bond acceptors (Lipinski definition) is 3. The van der Waals surface area contributed by atoms with Gasteiger partial charge in [-0.1, -0.05) is 34.8 Å². The van der Waals surface area contributed by atoms with Gasteiger partial charge in [-0.25, -0.2) is 0 Å². The van der Waals surface area contributed by atoms with E-state index in [0.29, 0.717) is 28.9 Å². The van der Waals surface area contributed by atoms with Crippen LogP contribution in [-0.4, -0.2) is 24.0 Å². The Morgan fingerprint density at radius 1 is 1.27 bits per heavy atom. The second-order valence-corrected chi connectivity index (χ2v) is 7.54. The average molecular weight is 377 g/mol. The van der Waals surface area contributed by atoms with Crippen molar-refractivity contribution in [3.05, 3.63) is 49.1 Å². The molecule has 0 aliphatic carbocycles. The van der Waals surface area contributed by atoms with E-state index in [0.717, 1.165) is 16.3 Å². The minimum atomic E-state index is -0.0704. The summed E-state index contributed by atoms with van der Waals surface area (Å²) in [6, 6.07) is 6.85. The van der Waals surface area contributed by atoms with Crippen molar-refractivity contribution in [2.75, 3.05) is 13.2 Å². The van der Waals surface area contributed by atoms with E-state index in [1.807, 2.05) is 6.07 Å². The van der Waals surface area contributed by atoms with Crippen LogP contribution in [0, 0.1) is 0 Å². The zero-order chi connectivity index (χ0) is 15.7. The van der Waals surface area contributed by atoms with Gasteiger partial charge in [-0.15, -0.1) is 11.3 Å². The molecule has 0 radical (unpaired) electrons. The normalized spacial score (nSPS) is 13.9. The van der Waals surface area contributed by atoms with Crippen molar-refractivity contribution in [1.82, 2.24) is 4.90 Å². The van der Waals surface area contributed by atoms with Crippen molar-refractivity contribution >= 4 is 52.0 Å². The van der Waals surface area contributed by atoms with Gasteiger partial charge in [0.1, 0.15) is 5.75 Å². The molecule has 3 nitrogen and oxygen atoms in total. The fourth-order valence-electron chi connectivity index (χ4n) is 2.33. The van der Waals surface area contributed by atoms with Gasteiger partial charge in [0.05, 0.1) is 9.36 Å². The molecule has 116 valence electrons. The van der Waals surface area contributed by atoms with Gasteiger partial charge in [0.15, 0.2) is 6.61 Å². The molecule has 0 unspecified atom stereocenters. The molecule has 7 heteroatoms. The summed E-state index contributed by atoms with van der Waals surface area (Å²) in [4.78, 5) is 15.3. The molecular formula is C15H12Cl3NO2S. The average Bonchev–Trinajstić information content (AvgIpc) is 2.85. The SMILES string of the molecule is O=C(COc1ccc(Cl)cc1Cl)N1CCc2sc(Cl)cc2C1. The van der Waals surface area contributed by atoms with Crippen LogP contribution in [0.3, 0.4) is 0 Å². The molecule has 0 N–H and O–H groups in total. The standard InChI is InChI=1S/C15H12Cl3NO2S/c16-10-1-2-12(11(17)6-10)21-8-15(20)19-4-3-13-9(7-19)5-14(18)22-13/h1-2,5-6H,3-4,7-8H2. The highest BCUT2D eigenvalue weighted by Crippen LogP contribution is 2.31. The van der Waals surface area contributed by atoms with Gasteiger partial charge < -0.3 is 9.64 Å². The van der Waals surface area contributed by atoms with E-state index in [-0.39, 0.29) is 12.5 Å². The Kier molecular flexibility index (Phi) is 4.83. The Bertz CT molecular complexity index is 717. The van der Waals surface area contributed by atoms with Crippen molar-refractivity contribution in [3.8, 4) is 5.75 Å². The van der Waals surface area contributed by atoms with Crippen molar-refractivity contribution in [2.45, 2.75) is 13.0 Å². The van der Waals surface area contributed by atoms with Crippen LogP contribution in [0.2, 0.25) is 14.4 Å². The Hall–Kier alpha value is -0.940. The first-order chi connectivity index (χ1) is 10.5. The van der Waals surface area contributed by atoms with Crippen LogP contribution in [0.4, 0.5) is 0 Å². The molecule has 1 aromatic carbocycles. The molecule has 1 amide bonds. The highest BCUT2D eigenvalue weighted by Gasteiger charge is 2.23. The number of fused-ring (bicyclic) bond motifs is 1. The predicted molar refractivity (Wildman–Crippen MR) is 90.4 cm³/mol. The molecule has 0 bridgehead atoms. The quantitative estimate of drug-likeness (QED) is 0.779. The number of carbonyl (C=O) groups excluding carboxylic acids is 1. The molecule has 0 fully saturated rings. The zero-order valence-corrected chi connectivity index (χ0v) is 14.5. The molecule has 3 rings (SSSR count). The lowest BCUT2D eigenvalue weighted by Crippen LogP contribution is -2.38. The number of halogens is 3. The first-order valence-corrected chi connectivity index (χ1v) is 8.60. The van der Waals surface area contributed by atoms with Crippen LogP contribution in [0.15, 0.2) is 24.3 Å². The summed E-state index contributed by atoms with van der Waals surface area (Å²) >= 11 is 19.4. The van der Waals surface area contributed by atoms with Gasteiger partial charge in [-0.2, -0.15) is 0 Å². The van der Waals surface area contributed by atoms with Crippen molar-refractivity contribution in [2.24, 2.45) is 0 Å². The topological polar surface area (TPSA) is 29.5 Å². The monoisotopic (exact) mass is 375 g/mol.